The van der Waals surface area contributed by atoms with E-state index >= 15 is 0 Å². The van der Waals surface area contributed by atoms with Gasteiger partial charge in [-0.15, -0.1) is 0 Å². The van der Waals surface area contributed by atoms with E-state index in [2.05, 4.69) is 176 Å². The van der Waals surface area contributed by atoms with Crippen molar-refractivity contribution in [2.45, 2.75) is 5.41 Å². The van der Waals surface area contributed by atoms with E-state index in [1.807, 2.05) is 30.3 Å². The molecule has 3 heteroatoms. The van der Waals surface area contributed by atoms with Crippen LogP contribution < -0.4 is 0 Å². The first-order valence-corrected chi connectivity index (χ1v) is 19.1. The van der Waals surface area contributed by atoms with Gasteiger partial charge in [0.2, 0.25) is 0 Å². The molecule has 0 saturated heterocycles. The molecule has 3 nitrogen and oxygen atoms in total. The third-order valence-electron chi connectivity index (χ3n) is 11.4. The van der Waals surface area contributed by atoms with E-state index in [1.165, 1.54) is 38.9 Å². The molecule has 2 heterocycles. The van der Waals surface area contributed by atoms with Crippen molar-refractivity contribution in [3.05, 3.63) is 229 Å². The Balaban J connectivity index is 1.10. The lowest BCUT2D eigenvalue weighted by atomic mass is 9.67. The molecule has 262 valence electrons. The summed E-state index contributed by atoms with van der Waals surface area (Å²) in [6.45, 7) is 0. The van der Waals surface area contributed by atoms with E-state index in [0.29, 0.717) is 5.82 Å². The Morgan fingerprint density at radius 1 is 0.357 bits per heavy atom. The summed E-state index contributed by atoms with van der Waals surface area (Å²) in [6.07, 6.45) is 0. The lowest BCUT2D eigenvalue weighted by Gasteiger charge is -2.34. The van der Waals surface area contributed by atoms with Gasteiger partial charge in [-0.1, -0.05) is 170 Å². The Hall–Kier alpha value is -7.36. The number of para-hydroxylation sites is 1. The first kappa shape index (κ1) is 32.1. The molecule has 0 fully saturated rings. The minimum absolute atomic E-state index is 0.463. The van der Waals surface area contributed by atoms with Gasteiger partial charge in [0.1, 0.15) is 11.2 Å². The lowest BCUT2D eigenvalue weighted by Crippen LogP contribution is -2.28. The highest BCUT2D eigenvalue weighted by Gasteiger charge is 2.46. The number of nitrogens with zero attached hydrogens (tertiary/aromatic N) is 2. The number of aromatic nitrogens is 2. The molecule has 0 N–H and O–H groups in total. The second kappa shape index (κ2) is 12.9. The maximum absolute atomic E-state index is 6.16. The van der Waals surface area contributed by atoms with E-state index in [0.717, 1.165) is 55.6 Å². The van der Waals surface area contributed by atoms with Crippen molar-refractivity contribution < 1.29 is 4.42 Å². The van der Waals surface area contributed by atoms with Crippen LogP contribution in [0.5, 0.6) is 0 Å². The molecule has 0 amide bonds. The second-order valence-corrected chi connectivity index (χ2v) is 14.5. The largest absolute Gasteiger partial charge is 0.456 e. The Morgan fingerprint density at radius 3 is 1.71 bits per heavy atom. The van der Waals surface area contributed by atoms with Crippen molar-refractivity contribution in [3.8, 4) is 56.2 Å². The molecule has 1 aliphatic rings. The monoisotopic (exact) mass is 714 g/mol. The van der Waals surface area contributed by atoms with Crippen molar-refractivity contribution in [1.82, 2.24) is 9.97 Å². The van der Waals surface area contributed by atoms with Crippen LogP contribution in [0.3, 0.4) is 0 Å². The Kier molecular flexibility index (Phi) is 7.39. The van der Waals surface area contributed by atoms with Crippen LogP contribution in [0.2, 0.25) is 0 Å². The highest BCUT2D eigenvalue weighted by Crippen LogP contribution is 2.58. The molecule has 0 unspecified atom stereocenters. The van der Waals surface area contributed by atoms with Gasteiger partial charge in [-0.2, -0.15) is 0 Å². The van der Waals surface area contributed by atoms with Gasteiger partial charge in [0.25, 0.3) is 0 Å². The molecule has 0 radical (unpaired) electrons. The predicted octanol–water partition coefficient (Wildman–Crippen LogP) is 13.4. The topological polar surface area (TPSA) is 38.9 Å². The zero-order chi connectivity index (χ0) is 37.1. The van der Waals surface area contributed by atoms with Gasteiger partial charge < -0.3 is 4.42 Å². The molecule has 0 aliphatic heterocycles. The quantitative estimate of drug-likeness (QED) is 0.172. The van der Waals surface area contributed by atoms with Crippen LogP contribution in [0.4, 0.5) is 0 Å². The van der Waals surface area contributed by atoms with Gasteiger partial charge in [0.15, 0.2) is 5.82 Å². The zero-order valence-electron chi connectivity index (χ0n) is 30.4. The molecule has 11 rings (SSSR count). The van der Waals surface area contributed by atoms with Gasteiger partial charge in [-0.3, -0.25) is 0 Å². The van der Waals surface area contributed by atoms with Gasteiger partial charge >= 0.3 is 0 Å². The Labute approximate surface area is 325 Å². The zero-order valence-corrected chi connectivity index (χ0v) is 30.4. The fraction of sp³-hybridized carbons (Fsp3) is 0.0189. The number of furan rings is 1. The van der Waals surface area contributed by atoms with E-state index < -0.39 is 5.41 Å². The SMILES string of the molecule is c1ccc(-c2cc(-c3cccc(-c4cccc5c4-c4ccccc4C5(c4ccccc4)c4ccccc4)c3)nc(-c3ccc4oc5ccccc5c4c3)n2)cc1. The number of hydrogen-bond donors (Lipinski definition) is 0. The highest BCUT2D eigenvalue weighted by molar-refractivity contribution is 6.06. The molecule has 0 bridgehead atoms. The van der Waals surface area contributed by atoms with Crippen LogP contribution in [0.15, 0.2) is 211 Å². The summed E-state index contributed by atoms with van der Waals surface area (Å²) >= 11 is 0. The normalized spacial score (nSPS) is 12.8. The Morgan fingerprint density at radius 2 is 0.929 bits per heavy atom. The number of fused-ring (bicyclic) bond motifs is 6. The van der Waals surface area contributed by atoms with Crippen LogP contribution in [0.25, 0.3) is 78.1 Å². The third kappa shape index (κ3) is 4.98. The molecule has 1 aliphatic carbocycles. The van der Waals surface area contributed by atoms with Crippen molar-refractivity contribution in [1.29, 1.82) is 0 Å². The fourth-order valence-corrected chi connectivity index (χ4v) is 8.93. The fourth-order valence-electron chi connectivity index (χ4n) is 8.93. The van der Waals surface area contributed by atoms with Crippen LogP contribution >= 0.6 is 0 Å². The van der Waals surface area contributed by atoms with Crippen LogP contribution in [-0.2, 0) is 5.41 Å². The maximum Gasteiger partial charge on any atom is 0.160 e. The smallest absolute Gasteiger partial charge is 0.160 e. The first-order valence-electron chi connectivity index (χ1n) is 19.1. The molecule has 0 spiro atoms. The predicted molar refractivity (Wildman–Crippen MR) is 228 cm³/mol. The number of hydrogen-bond acceptors (Lipinski definition) is 3. The summed E-state index contributed by atoms with van der Waals surface area (Å²) in [7, 11) is 0. The van der Waals surface area contributed by atoms with E-state index in [-0.39, 0.29) is 0 Å². The highest BCUT2D eigenvalue weighted by atomic mass is 16.3. The maximum atomic E-state index is 6.16. The Bertz CT molecular complexity index is 3040. The molecule has 10 aromatic rings. The molecular weight excluding hydrogens is 681 g/mol. The van der Waals surface area contributed by atoms with Gasteiger partial charge in [0.05, 0.1) is 16.8 Å². The van der Waals surface area contributed by atoms with E-state index in [1.54, 1.807) is 0 Å². The summed E-state index contributed by atoms with van der Waals surface area (Å²) in [5.41, 5.74) is 16.0. The summed E-state index contributed by atoms with van der Waals surface area (Å²) < 4.78 is 6.16. The summed E-state index contributed by atoms with van der Waals surface area (Å²) in [6, 6.07) is 73.4. The molecule has 2 aromatic heterocycles. The minimum Gasteiger partial charge on any atom is -0.456 e. The van der Waals surface area contributed by atoms with Crippen molar-refractivity contribution in [3.63, 3.8) is 0 Å². The van der Waals surface area contributed by atoms with Crippen molar-refractivity contribution in [2.75, 3.05) is 0 Å². The van der Waals surface area contributed by atoms with Gasteiger partial charge in [-0.25, -0.2) is 9.97 Å². The van der Waals surface area contributed by atoms with Crippen LogP contribution in [-0.4, -0.2) is 9.97 Å². The number of benzene rings is 8. The standard InChI is InChI=1S/C53H34N2O/c1-4-16-35(17-5-1)47-34-48(55-52(54-47)38-30-31-50-44(33-38)42-24-11-13-29-49(42)56-50)37-19-14-18-36(32-37)41-26-15-28-46-51(41)43-25-10-12-27-45(43)53(46,39-20-6-2-7-21-39)40-22-8-3-9-23-40/h1-34H. The summed E-state index contributed by atoms with van der Waals surface area (Å²) in [5, 5.41) is 2.13. The van der Waals surface area contributed by atoms with Crippen LogP contribution in [0.1, 0.15) is 22.3 Å². The second-order valence-electron chi connectivity index (χ2n) is 14.5. The molecule has 0 atom stereocenters. The van der Waals surface area contributed by atoms with E-state index in [4.69, 9.17) is 14.4 Å². The molecule has 0 saturated carbocycles. The van der Waals surface area contributed by atoms with Gasteiger partial charge in [-0.05, 0) is 80.9 Å². The van der Waals surface area contributed by atoms with Crippen LogP contribution in [0, 0.1) is 0 Å². The molecule has 56 heavy (non-hydrogen) atoms. The van der Waals surface area contributed by atoms with Gasteiger partial charge in [0, 0.05) is 27.5 Å². The summed E-state index contributed by atoms with van der Waals surface area (Å²) in [5.74, 6) is 0.670. The van der Waals surface area contributed by atoms with Crippen molar-refractivity contribution >= 4 is 21.9 Å². The molecule has 8 aromatic carbocycles. The first-order chi connectivity index (χ1) is 27.8. The third-order valence-corrected chi connectivity index (χ3v) is 11.4. The minimum atomic E-state index is -0.463. The average Bonchev–Trinajstić information content (AvgIpc) is 3.81. The summed E-state index contributed by atoms with van der Waals surface area (Å²) in [4.78, 5) is 10.4. The lowest BCUT2D eigenvalue weighted by molar-refractivity contribution is 0.669. The molecular formula is C53H34N2O. The number of rotatable bonds is 6. The average molecular weight is 715 g/mol. The van der Waals surface area contributed by atoms with Crippen molar-refractivity contribution in [2.24, 2.45) is 0 Å². The van der Waals surface area contributed by atoms with E-state index in [9.17, 15) is 0 Å².